The van der Waals surface area contributed by atoms with Crippen molar-refractivity contribution in [3.63, 3.8) is 0 Å². The first-order valence-corrected chi connectivity index (χ1v) is 8.63. The van der Waals surface area contributed by atoms with Crippen molar-refractivity contribution in [2.24, 2.45) is 0 Å². The molecule has 1 aliphatic heterocycles. The van der Waals surface area contributed by atoms with E-state index in [0.29, 0.717) is 26.2 Å². The Morgan fingerprint density at radius 2 is 1.93 bits per heavy atom. The number of anilines is 1. The molecule has 27 heavy (non-hydrogen) atoms. The van der Waals surface area contributed by atoms with E-state index >= 15 is 0 Å². The van der Waals surface area contributed by atoms with Gasteiger partial charge in [-0.15, -0.1) is 0 Å². The average Bonchev–Trinajstić information content (AvgIpc) is 3.46. The summed E-state index contributed by atoms with van der Waals surface area (Å²) in [6, 6.07) is 0.708. The quantitative estimate of drug-likeness (QED) is 0.843. The Hall–Kier alpha value is -2.62. The molecule has 0 amide bonds. The van der Waals surface area contributed by atoms with E-state index in [4.69, 9.17) is 0 Å². The smallest absolute Gasteiger partial charge is 0.419 e. The van der Waals surface area contributed by atoms with Gasteiger partial charge in [-0.05, 0) is 18.9 Å². The molecule has 1 aliphatic carbocycles. The molecule has 7 nitrogen and oxygen atoms in total. The van der Waals surface area contributed by atoms with E-state index in [1.807, 2.05) is 0 Å². The lowest BCUT2D eigenvalue weighted by Crippen LogP contribution is -2.44. The maximum Gasteiger partial charge on any atom is 0.419 e. The van der Waals surface area contributed by atoms with E-state index < -0.39 is 28.7 Å². The van der Waals surface area contributed by atoms with Crippen LogP contribution in [0, 0.1) is 0 Å². The predicted octanol–water partition coefficient (Wildman–Crippen LogP) is 1.86. The van der Waals surface area contributed by atoms with Crippen molar-refractivity contribution in [2.45, 2.75) is 25.1 Å². The highest BCUT2D eigenvalue weighted by atomic mass is 19.4. The number of halogens is 3. The molecule has 0 aromatic carbocycles. The summed E-state index contributed by atoms with van der Waals surface area (Å²) in [7, 11) is 0. The van der Waals surface area contributed by atoms with Gasteiger partial charge in [-0.2, -0.15) is 13.2 Å². The first kappa shape index (κ1) is 17.8. The number of fused-ring (bicyclic) bond motifs is 1. The molecule has 0 atom stereocenters. The number of nitrogens with zero attached hydrogens (tertiary/aromatic N) is 3. The highest BCUT2D eigenvalue weighted by Gasteiger charge is 2.38. The minimum atomic E-state index is -4.71. The van der Waals surface area contributed by atoms with Crippen molar-refractivity contribution in [1.29, 1.82) is 0 Å². The lowest BCUT2D eigenvalue weighted by Gasteiger charge is -2.30. The van der Waals surface area contributed by atoms with Gasteiger partial charge in [0.25, 0.3) is 0 Å². The third-order valence-corrected chi connectivity index (χ3v) is 4.88. The summed E-state index contributed by atoms with van der Waals surface area (Å²) in [6.07, 6.45) is -1.98. The topological polar surface area (TPSA) is 87.5 Å². The Bertz CT molecular complexity index is 976. The first-order valence-electron chi connectivity index (χ1n) is 8.63. The molecule has 2 fully saturated rings. The molecule has 2 aromatic heterocycles. The van der Waals surface area contributed by atoms with Crippen LogP contribution in [0.1, 0.15) is 34.8 Å². The van der Waals surface area contributed by atoms with Crippen LogP contribution >= 0.6 is 0 Å². The molecule has 1 saturated carbocycles. The number of piperazine rings is 1. The number of hydrogen-bond acceptors (Lipinski definition) is 5. The zero-order chi connectivity index (χ0) is 19.3. The molecule has 1 saturated heterocycles. The van der Waals surface area contributed by atoms with E-state index in [1.165, 1.54) is 10.8 Å². The second kappa shape index (κ2) is 6.22. The fourth-order valence-electron chi connectivity index (χ4n) is 3.37. The number of carboxylic acids is 1. The largest absolute Gasteiger partial charge is 0.477 e. The summed E-state index contributed by atoms with van der Waals surface area (Å²) >= 11 is 0. The Morgan fingerprint density at radius 1 is 1.26 bits per heavy atom. The van der Waals surface area contributed by atoms with Gasteiger partial charge in [0.2, 0.25) is 5.43 Å². The molecular weight excluding hydrogens is 365 g/mol. The van der Waals surface area contributed by atoms with Gasteiger partial charge in [0.1, 0.15) is 17.0 Å². The fourth-order valence-corrected chi connectivity index (χ4v) is 3.37. The number of aromatic carboxylic acids is 1. The van der Waals surface area contributed by atoms with Crippen LogP contribution in [0.5, 0.6) is 0 Å². The van der Waals surface area contributed by atoms with Crippen LogP contribution in [-0.4, -0.2) is 46.8 Å². The Kier molecular flexibility index (Phi) is 4.10. The SMILES string of the molecule is O=C(O)c1cn(C2CC2)c2nc(N3CCNCC3)c(C(F)(F)F)cc2c1=O. The van der Waals surface area contributed by atoms with Crippen LogP contribution in [0.15, 0.2) is 17.1 Å². The number of hydrogen-bond donors (Lipinski definition) is 2. The average molecular weight is 382 g/mol. The molecule has 0 unspecified atom stereocenters. The van der Waals surface area contributed by atoms with Crippen molar-refractivity contribution in [1.82, 2.24) is 14.9 Å². The third kappa shape index (κ3) is 3.14. The minimum absolute atomic E-state index is 0.0497. The Labute approximate surface area is 151 Å². The van der Waals surface area contributed by atoms with Gasteiger partial charge in [0.05, 0.1) is 10.9 Å². The van der Waals surface area contributed by atoms with Crippen LogP contribution < -0.4 is 15.6 Å². The normalized spacial score (nSPS) is 18.1. The number of nitrogens with one attached hydrogen (secondary N) is 1. The van der Waals surface area contributed by atoms with Crippen LogP contribution in [0.4, 0.5) is 19.0 Å². The number of rotatable bonds is 3. The Balaban J connectivity index is 2.03. The van der Waals surface area contributed by atoms with Gasteiger partial charge in [-0.25, -0.2) is 9.78 Å². The fraction of sp³-hybridized carbons (Fsp3) is 0.471. The number of alkyl halides is 3. The zero-order valence-corrected chi connectivity index (χ0v) is 14.2. The highest BCUT2D eigenvalue weighted by molar-refractivity contribution is 5.92. The monoisotopic (exact) mass is 382 g/mol. The first-order chi connectivity index (χ1) is 12.8. The molecule has 2 N–H and O–H groups in total. The summed E-state index contributed by atoms with van der Waals surface area (Å²) in [5.41, 5.74) is -2.40. The number of aromatic nitrogens is 2. The van der Waals surface area contributed by atoms with Crippen molar-refractivity contribution in [3.8, 4) is 0 Å². The van der Waals surface area contributed by atoms with E-state index in [9.17, 15) is 27.9 Å². The van der Waals surface area contributed by atoms with E-state index in [1.54, 1.807) is 4.90 Å². The maximum atomic E-state index is 13.7. The molecule has 0 bridgehead atoms. The van der Waals surface area contributed by atoms with Crippen LogP contribution in [0.2, 0.25) is 0 Å². The molecule has 144 valence electrons. The lowest BCUT2D eigenvalue weighted by molar-refractivity contribution is -0.137. The maximum absolute atomic E-state index is 13.7. The molecule has 3 heterocycles. The zero-order valence-electron chi connectivity index (χ0n) is 14.2. The van der Waals surface area contributed by atoms with Gasteiger partial charge in [0, 0.05) is 38.4 Å². The molecular formula is C17H17F3N4O3. The van der Waals surface area contributed by atoms with E-state index in [0.717, 1.165) is 18.9 Å². The second-order valence-electron chi connectivity index (χ2n) is 6.78. The molecule has 10 heteroatoms. The predicted molar refractivity (Wildman–Crippen MR) is 91.3 cm³/mol. The van der Waals surface area contributed by atoms with Crippen molar-refractivity contribution in [3.05, 3.63) is 33.6 Å². The van der Waals surface area contributed by atoms with E-state index in [2.05, 4.69) is 10.3 Å². The van der Waals surface area contributed by atoms with Crippen molar-refractivity contribution in [2.75, 3.05) is 31.1 Å². The number of carboxylic acid groups (broad SMARTS) is 1. The minimum Gasteiger partial charge on any atom is -0.477 e. The molecule has 4 rings (SSSR count). The van der Waals surface area contributed by atoms with Crippen LogP contribution in [-0.2, 0) is 6.18 Å². The molecule has 0 spiro atoms. The lowest BCUT2D eigenvalue weighted by atomic mass is 10.1. The number of pyridine rings is 2. The van der Waals surface area contributed by atoms with Gasteiger partial charge >= 0.3 is 12.1 Å². The van der Waals surface area contributed by atoms with Gasteiger partial charge in [0.15, 0.2) is 0 Å². The summed E-state index contributed by atoms with van der Waals surface area (Å²) in [4.78, 5) is 29.7. The third-order valence-electron chi connectivity index (χ3n) is 4.88. The molecule has 2 aliphatic rings. The number of carbonyl (C=O) groups is 1. The summed E-state index contributed by atoms with van der Waals surface area (Å²) in [5.74, 6) is -1.68. The summed E-state index contributed by atoms with van der Waals surface area (Å²) in [5, 5.41) is 12.0. The Morgan fingerprint density at radius 3 is 2.48 bits per heavy atom. The highest BCUT2D eigenvalue weighted by Crippen LogP contribution is 2.40. The van der Waals surface area contributed by atoms with Gasteiger partial charge in [-0.1, -0.05) is 0 Å². The standard InChI is InChI=1S/C17H17F3N4O3/c18-17(19,20)12-7-10-13(25)11(16(26)27)8-24(9-1-2-9)14(10)22-15(12)23-5-3-21-4-6-23/h7-9,21H,1-6H2,(H,26,27). The van der Waals surface area contributed by atoms with Crippen LogP contribution in [0.25, 0.3) is 11.0 Å². The van der Waals surface area contributed by atoms with Gasteiger partial charge < -0.3 is 19.9 Å². The van der Waals surface area contributed by atoms with Crippen molar-refractivity contribution < 1.29 is 23.1 Å². The van der Waals surface area contributed by atoms with Crippen molar-refractivity contribution >= 4 is 22.8 Å². The molecule has 0 radical (unpaired) electrons. The summed E-state index contributed by atoms with van der Waals surface area (Å²) < 4.78 is 42.6. The van der Waals surface area contributed by atoms with E-state index in [-0.39, 0.29) is 22.9 Å². The summed E-state index contributed by atoms with van der Waals surface area (Å²) in [6.45, 7) is 1.79. The second-order valence-corrected chi connectivity index (χ2v) is 6.78. The molecule has 2 aromatic rings. The van der Waals surface area contributed by atoms with Gasteiger partial charge in [-0.3, -0.25) is 4.79 Å². The van der Waals surface area contributed by atoms with Crippen LogP contribution in [0.3, 0.4) is 0 Å².